The first-order valence-corrected chi connectivity index (χ1v) is 11.6. The second kappa shape index (κ2) is 9.41. The summed E-state index contributed by atoms with van der Waals surface area (Å²) in [7, 11) is -2.84. The van der Waals surface area contributed by atoms with E-state index >= 15 is 0 Å². The molecule has 3 aliphatic rings. The Bertz CT molecular complexity index is 592. The molecule has 0 amide bonds. The average Bonchev–Trinajstić information content (AvgIpc) is 2.90. The van der Waals surface area contributed by atoms with Gasteiger partial charge in [0.15, 0.2) is 15.8 Å². The summed E-state index contributed by atoms with van der Waals surface area (Å²) in [6, 6.07) is 0.729. The summed E-state index contributed by atoms with van der Waals surface area (Å²) in [5.74, 6) is 1.60. The summed E-state index contributed by atoms with van der Waals surface area (Å²) in [6.45, 7) is 5.69. The van der Waals surface area contributed by atoms with Crippen molar-refractivity contribution in [3.63, 3.8) is 0 Å². The Labute approximate surface area is 175 Å². The number of hydrogen-bond acceptors (Lipinski definition) is 4. The van der Waals surface area contributed by atoms with Crippen molar-refractivity contribution in [2.45, 2.75) is 76.5 Å². The second-order valence-corrected chi connectivity index (χ2v) is 10.4. The van der Waals surface area contributed by atoms with Crippen LogP contribution in [0.4, 0.5) is 0 Å². The van der Waals surface area contributed by atoms with Gasteiger partial charge in [0.25, 0.3) is 0 Å². The molecule has 152 valence electrons. The predicted octanol–water partition coefficient (Wildman–Crippen LogP) is 2.47. The monoisotopic (exact) mass is 499 g/mol. The van der Waals surface area contributed by atoms with Crippen molar-refractivity contribution in [2.24, 2.45) is 10.9 Å². The van der Waals surface area contributed by atoms with Gasteiger partial charge < -0.3 is 15.4 Å². The molecule has 1 spiro atoms. The van der Waals surface area contributed by atoms with Gasteiger partial charge in [-0.1, -0.05) is 6.92 Å². The molecule has 3 fully saturated rings. The number of halogens is 1. The van der Waals surface area contributed by atoms with E-state index in [9.17, 15) is 8.42 Å². The summed E-state index contributed by atoms with van der Waals surface area (Å²) >= 11 is 0. The van der Waals surface area contributed by atoms with E-state index in [1.807, 2.05) is 0 Å². The molecule has 2 saturated heterocycles. The molecule has 26 heavy (non-hydrogen) atoms. The summed E-state index contributed by atoms with van der Waals surface area (Å²) in [5, 5.41) is 7.07. The zero-order valence-electron chi connectivity index (χ0n) is 16.0. The molecule has 1 saturated carbocycles. The van der Waals surface area contributed by atoms with Crippen molar-refractivity contribution < 1.29 is 13.2 Å². The molecule has 2 N–H and O–H groups in total. The zero-order chi connectivity index (χ0) is 17.9. The molecule has 1 aliphatic carbocycles. The average molecular weight is 499 g/mol. The van der Waals surface area contributed by atoms with Gasteiger partial charge in [-0.15, -0.1) is 24.0 Å². The van der Waals surface area contributed by atoms with Gasteiger partial charge in [0.2, 0.25) is 0 Å². The van der Waals surface area contributed by atoms with Crippen LogP contribution in [0.5, 0.6) is 0 Å². The van der Waals surface area contributed by atoms with Crippen molar-refractivity contribution in [3.8, 4) is 0 Å². The second-order valence-electron chi connectivity index (χ2n) is 8.13. The van der Waals surface area contributed by atoms with Crippen LogP contribution in [-0.2, 0) is 14.6 Å². The molecule has 0 aromatic heterocycles. The van der Waals surface area contributed by atoms with E-state index in [1.54, 1.807) is 0 Å². The van der Waals surface area contributed by atoms with E-state index in [0.717, 1.165) is 38.2 Å². The van der Waals surface area contributed by atoms with Gasteiger partial charge in [0, 0.05) is 25.2 Å². The Kier molecular flexibility index (Phi) is 8.03. The van der Waals surface area contributed by atoms with Crippen LogP contribution < -0.4 is 10.6 Å². The van der Waals surface area contributed by atoms with Gasteiger partial charge in [-0.25, -0.2) is 8.42 Å². The number of ether oxygens (including phenoxy) is 1. The summed E-state index contributed by atoms with van der Waals surface area (Å²) in [4.78, 5) is 4.73. The Balaban J connectivity index is 0.00000243. The molecule has 3 atom stereocenters. The van der Waals surface area contributed by atoms with Crippen LogP contribution in [0.15, 0.2) is 4.99 Å². The lowest BCUT2D eigenvalue weighted by atomic mass is 9.74. The largest absolute Gasteiger partial charge is 0.375 e. The third kappa shape index (κ3) is 5.95. The molecular formula is C18H34IN3O3S. The van der Waals surface area contributed by atoms with Crippen molar-refractivity contribution >= 4 is 39.8 Å². The molecule has 0 radical (unpaired) electrons. The van der Waals surface area contributed by atoms with E-state index in [0.29, 0.717) is 24.4 Å². The molecule has 0 aromatic carbocycles. The number of aliphatic imine (C=N–C) groups is 1. The Morgan fingerprint density at radius 2 is 2.12 bits per heavy atom. The molecular weight excluding hydrogens is 465 g/mol. The lowest BCUT2D eigenvalue weighted by molar-refractivity contribution is -0.134. The van der Waals surface area contributed by atoms with Crippen LogP contribution in [-0.4, -0.2) is 56.7 Å². The Morgan fingerprint density at radius 3 is 2.69 bits per heavy atom. The lowest BCUT2D eigenvalue weighted by Gasteiger charge is -2.47. The van der Waals surface area contributed by atoms with Crippen molar-refractivity contribution in [1.82, 2.24) is 10.6 Å². The highest BCUT2D eigenvalue weighted by Gasteiger charge is 2.42. The van der Waals surface area contributed by atoms with Crippen LogP contribution in [0.1, 0.15) is 58.8 Å². The highest BCUT2D eigenvalue weighted by atomic mass is 127. The number of guanidine groups is 1. The topological polar surface area (TPSA) is 79.8 Å². The molecule has 8 heteroatoms. The third-order valence-electron chi connectivity index (χ3n) is 5.93. The van der Waals surface area contributed by atoms with E-state index in [-0.39, 0.29) is 41.2 Å². The SMILES string of the molecule is CCC(C)NC(=NCC1CCS(=O)(=O)C1)NC1CCOC2(CCC2)C1.I. The first kappa shape index (κ1) is 22.2. The van der Waals surface area contributed by atoms with Crippen LogP contribution in [0.25, 0.3) is 0 Å². The van der Waals surface area contributed by atoms with Crippen LogP contribution >= 0.6 is 24.0 Å². The minimum atomic E-state index is -2.84. The quantitative estimate of drug-likeness (QED) is 0.345. The highest BCUT2D eigenvalue weighted by Crippen LogP contribution is 2.42. The summed E-state index contributed by atoms with van der Waals surface area (Å²) in [5.41, 5.74) is 0.108. The summed E-state index contributed by atoms with van der Waals surface area (Å²) in [6.07, 6.45) is 7.44. The van der Waals surface area contributed by atoms with Crippen LogP contribution in [0.2, 0.25) is 0 Å². The minimum Gasteiger partial charge on any atom is -0.375 e. The van der Waals surface area contributed by atoms with Crippen molar-refractivity contribution in [3.05, 3.63) is 0 Å². The maximum absolute atomic E-state index is 11.6. The highest BCUT2D eigenvalue weighted by molar-refractivity contribution is 14.0. The number of nitrogens with one attached hydrogen (secondary N) is 2. The Morgan fingerprint density at radius 1 is 1.35 bits per heavy atom. The van der Waals surface area contributed by atoms with Gasteiger partial charge in [-0.05, 0) is 57.8 Å². The van der Waals surface area contributed by atoms with E-state index in [4.69, 9.17) is 9.73 Å². The fourth-order valence-electron chi connectivity index (χ4n) is 3.97. The maximum Gasteiger partial charge on any atom is 0.191 e. The van der Waals surface area contributed by atoms with Gasteiger partial charge in [-0.3, -0.25) is 4.99 Å². The predicted molar refractivity (Wildman–Crippen MR) is 116 cm³/mol. The Hall–Kier alpha value is -0.0900. The molecule has 2 aliphatic heterocycles. The molecule has 3 unspecified atom stereocenters. The molecule has 2 heterocycles. The van der Waals surface area contributed by atoms with Gasteiger partial charge >= 0.3 is 0 Å². The van der Waals surface area contributed by atoms with Crippen LogP contribution in [0.3, 0.4) is 0 Å². The van der Waals surface area contributed by atoms with E-state index < -0.39 is 9.84 Å². The number of nitrogens with zero attached hydrogens (tertiary/aromatic N) is 1. The first-order valence-electron chi connectivity index (χ1n) is 9.82. The first-order chi connectivity index (χ1) is 11.9. The van der Waals surface area contributed by atoms with Gasteiger partial charge in [-0.2, -0.15) is 0 Å². The number of sulfone groups is 1. The van der Waals surface area contributed by atoms with Crippen molar-refractivity contribution in [1.29, 1.82) is 0 Å². The minimum absolute atomic E-state index is 0. The fraction of sp³-hybridized carbons (Fsp3) is 0.944. The van der Waals surface area contributed by atoms with Gasteiger partial charge in [0.1, 0.15) is 0 Å². The molecule has 6 nitrogen and oxygen atoms in total. The number of hydrogen-bond donors (Lipinski definition) is 2. The molecule has 0 bridgehead atoms. The molecule has 3 rings (SSSR count). The van der Waals surface area contributed by atoms with Crippen molar-refractivity contribution in [2.75, 3.05) is 24.7 Å². The molecule has 0 aromatic rings. The lowest BCUT2D eigenvalue weighted by Crippen LogP contribution is -2.54. The normalized spacial score (nSPS) is 30.9. The van der Waals surface area contributed by atoms with E-state index in [2.05, 4.69) is 24.5 Å². The third-order valence-corrected chi connectivity index (χ3v) is 7.77. The standard InChI is InChI=1S/C18H33N3O3S.HI/c1-3-14(2)20-17(19-12-15-6-10-25(22,23)13-15)21-16-5-9-24-18(11-16)7-4-8-18;/h14-16H,3-13H2,1-2H3,(H2,19,20,21);1H. The smallest absolute Gasteiger partial charge is 0.191 e. The zero-order valence-corrected chi connectivity index (χ0v) is 19.1. The number of rotatable bonds is 5. The van der Waals surface area contributed by atoms with Gasteiger partial charge in [0.05, 0.1) is 17.1 Å². The fourth-order valence-corrected chi connectivity index (χ4v) is 5.82. The van der Waals surface area contributed by atoms with Crippen LogP contribution in [0, 0.1) is 5.92 Å². The maximum atomic E-state index is 11.6. The van der Waals surface area contributed by atoms with E-state index in [1.165, 1.54) is 19.3 Å². The summed E-state index contributed by atoms with van der Waals surface area (Å²) < 4.78 is 29.3.